The fraction of sp³-hybridized carbons (Fsp3) is 0.455. The van der Waals surface area contributed by atoms with Crippen LogP contribution in [0.5, 0.6) is 0 Å². The Hall–Kier alpha value is -1.09. The van der Waals surface area contributed by atoms with E-state index >= 15 is 0 Å². The van der Waals surface area contributed by atoms with Crippen molar-refractivity contribution in [2.24, 2.45) is 0 Å². The van der Waals surface area contributed by atoms with Gasteiger partial charge in [0.1, 0.15) is 0 Å². The van der Waals surface area contributed by atoms with Crippen molar-refractivity contribution < 1.29 is 4.92 Å². The van der Waals surface area contributed by atoms with E-state index in [1.54, 1.807) is 18.2 Å². The molecule has 3 nitrogen and oxygen atoms in total. The Balaban J connectivity index is 3.07. The van der Waals surface area contributed by atoms with Gasteiger partial charge in [0.25, 0.3) is 5.69 Å². The third kappa shape index (κ3) is 2.69. The lowest BCUT2D eigenvalue weighted by Gasteiger charge is -2.16. The fourth-order valence-electron chi connectivity index (χ4n) is 1.59. The van der Waals surface area contributed by atoms with E-state index in [2.05, 4.69) is 0 Å². The molecule has 2 atom stereocenters. The van der Waals surface area contributed by atoms with E-state index in [1.165, 1.54) is 6.07 Å². The van der Waals surface area contributed by atoms with Gasteiger partial charge in [0, 0.05) is 22.9 Å². The molecule has 0 aliphatic heterocycles. The highest BCUT2D eigenvalue weighted by molar-refractivity contribution is 6.21. The maximum absolute atomic E-state index is 10.8. The van der Waals surface area contributed by atoms with Gasteiger partial charge < -0.3 is 0 Å². The topological polar surface area (TPSA) is 43.1 Å². The smallest absolute Gasteiger partial charge is 0.258 e. The summed E-state index contributed by atoms with van der Waals surface area (Å²) < 4.78 is 0. The summed E-state index contributed by atoms with van der Waals surface area (Å²) in [7, 11) is 0. The minimum atomic E-state index is -0.356. The molecule has 2 unspecified atom stereocenters. The van der Waals surface area contributed by atoms with Crippen LogP contribution in [-0.4, -0.2) is 10.3 Å². The first-order chi connectivity index (χ1) is 7.07. The van der Waals surface area contributed by atoms with Gasteiger partial charge in [-0.05, 0) is 6.42 Å². The maximum Gasteiger partial charge on any atom is 0.272 e. The molecule has 0 aliphatic carbocycles. The van der Waals surface area contributed by atoms with Crippen LogP contribution in [0, 0.1) is 10.1 Å². The number of benzene rings is 1. The Kier molecular flexibility index (Phi) is 4.09. The SMILES string of the molecule is CCC(Cl)C(C)c1ccccc1[N+](=O)[O-]. The third-order valence-electron chi connectivity index (χ3n) is 2.56. The molecule has 0 spiro atoms. The van der Waals surface area contributed by atoms with Crippen LogP contribution in [0.2, 0.25) is 0 Å². The van der Waals surface area contributed by atoms with E-state index in [-0.39, 0.29) is 21.9 Å². The molecule has 0 aliphatic rings. The number of para-hydroxylation sites is 1. The second-order valence-electron chi connectivity index (χ2n) is 3.53. The lowest BCUT2D eigenvalue weighted by Crippen LogP contribution is -2.10. The molecule has 0 heterocycles. The first kappa shape index (κ1) is 12.0. The first-order valence-corrected chi connectivity index (χ1v) is 5.39. The van der Waals surface area contributed by atoms with E-state index in [0.29, 0.717) is 5.56 Å². The minimum absolute atomic E-state index is 0.00160. The number of nitrogens with zero attached hydrogens (tertiary/aromatic N) is 1. The molecule has 0 radical (unpaired) electrons. The highest BCUT2D eigenvalue weighted by Gasteiger charge is 2.22. The van der Waals surface area contributed by atoms with E-state index in [4.69, 9.17) is 11.6 Å². The zero-order valence-electron chi connectivity index (χ0n) is 8.81. The van der Waals surface area contributed by atoms with Gasteiger partial charge in [-0.25, -0.2) is 0 Å². The lowest BCUT2D eigenvalue weighted by atomic mass is 9.94. The molecule has 15 heavy (non-hydrogen) atoms. The molecule has 0 aromatic heterocycles. The van der Waals surface area contributed by atoms with Crippen LogP contribution in [0.25, 0.3) is 0 Å². The molecule has 0 saturated heterocycles. The Morgan fingerprint density at radius 1 is 1.47 bits per heavy atom. The van der Waals surface area contributed by atoms with E-state index < -0.39 is 0 Å². The van der Waals surface area contributed by atoms with Gasteiger partial charge in [0.05, 0.1) is 4.92 Å². The first-order valence-electron chi connectivity index (χ1n) is 4.95. The molecule has 0 bridgehead atoms. The average Bonchev–Trinajstić information content (AvgIpc) is 2.27. The minimum Gasteiger partial charge on any atom is -0.258 e. The third-order valence-corrected chi connectivity index (χ3v) is 3.24. The van der Waals surface area contributed by atoms with Crippen LogP contribution in [0.4, 0.5) is 5.69 Å². The van der Waals surface area contributed by atoms with Crippen molar-refractivity contribution in [3.63, 3.8) is 0 Å². The summed E-state index contributed by atoms with van der Waals surface area (Å²) >= 11 is 6.10. The van der Waals surface area contributed by atoms with Gasteiger partial charge in [-0.2, -0.15) is 0 Å². The van der Waals surface area contributed by atoms with Crippen molar-refractivity contribution in [3.05, 3.63) is 39.9 Å². The molecule has 4 heteroatoms. The van der Waals surface area contributed by atoms with Gasteiger partial charge in [-0.1, -0.05) is 32.0 Å². The quantitative estimate of drug-likeness (QED) is 0.447. The Morgan fingerprint density at radius 3 is 2.60 bits per heavy atom. The zero-order valence-corrected chi connectivity index (χ0v) is 9.57. The zero-order chi connectivity index (χ0) is 11.4. The van der Waals surface area contributed by atoms with Gasteiger partial charge in [0.15, 0.2) is 0 Å². The molecule has 0 fully saturated rings. The van der Waals surface area contributed by atoms with Crippen molar-refractivity contribution in [3.8, 4) is 0 Å². The van der Waals surface area contributed by atoms with Crippen molar-refractivity contribution in [1.29, 1.82) is 0 Å². The summed E-state index contributed by atoms with van der Waals surface area (Å²) in [6.45, 7) is 3.90. The predicted octanol–water partition coefficient (Wildman–Crippen LogP) is 3.72. The molecular weight excluding hydrogens is 214 g/mol. The molecular formula is C11H14ClNO2. The Morgan fingerprint density at radius 2 is 2.07 bits per heavy atom. The number of halogens is 1. The van der Waals surface area contributed by atoms with E-state index in [0.717, 1.165) is 6.42 Å². The van der Waals surface area contributed by atoms with Crippen LogP contribution < -0.4 is 0 Å². The highest BCUT2D eigenvalue weighted by atomic mass is 35.5. The van der Waals surface area contributed by atoms with Crippen molar-refractivity contribution in [2.75, 3.05) is 0 Å². The van der Waals surface area contributed by atoms with Crippen LogP contribution in [0.15, 0.2) is 24.3 Å². The standard InChI is InChI=1S/C11H14ClNO2/c1-3-10(12)8(2)9-6-4-5-7-11(9)13(14)15/h4-8,10H,3H2,1-2H3. The fourth-order valence-corrected chi connectivity index (χ4v) is 1.72. The molecule has 1 aromatic rings. The number of rotatable bonds is 4. The Labute approximate surface area is 94.2 Å². The number of hydrogen-bond acceptors (Lipinski definition) is 2. The maximum atomic E-state index is 10.8. The molecule has 82 valence electrons. The van der Waals surface area contributed by atoms with Gasteiger partial charge in [-0.3, -0.25) is 10.1 Å². The second-order valence-corrected chi connectivity index (χ2v) is 4.09. The van der Waals surface area contributed by atoms with Crippen molar-refractivity contribution in [2.45, 2.75) is 31.6 Å². The van der Waals surface area contributed by atoms with Crippen LogP contribution >= 0.6 is 11.6 Å². The lowest BCUT2D eigenvalue weighted by molar-refractivity contribution is -0.385. The van der Waals surface area contributed by atoms with Crippen LogP contribution in [0.1, 0.15) is 31.7 Å². The number of nitro groups is 1. The summed E-state index contributed by atoms with van der Waals surface area (Å²) in [6.07, 6.45) is 0.800. The van der Waals surface area contributed by atoms with Crippen molar-refractivity contribution >= 4 is 17.3 Å². The van der Waals surface area contributed by atoms with Gasteiger partial charge >= 0.3 is 0 Å². The summed E-state index contributed by atoms with van der Waals surface area (Å²) in [5.41, 5.74) is 0.869. The summed E-state index contributed by atoms with van der Waals surface area (Å²) in [5.74, 6) is -0.00160. The highest BCUT2D eigenvalue weighted by Crippen LogP contribution is 2.31. The van der Waals surface area contributed by atoms with Gasteiger partial charge in [-0.15, -0.1) is 11.6 Å². The molecule has 1 aromatic carbocycles. The summed E-state index contributed by atoms with van der Waals surface area (Å²) in [5, 5.41) is 10.7. The molecule has 0 saturated carbocycles. The largest absolute Gasteiger partial charge is 0.272 e. The average molecular weight is 228 g/mol. The molecule has 1 rings (SSSR count). The van der Waals surface area contributed by atoms with Crippen molar-refractivity contribution in [1.82, 2.24) is 0 Å². The molecule has 0 N–H and O–H groups in total. The molecule has 0 amide bonds. The number of nitro benzene ring substituents is 1. The number of hydrogen-bond donors (Lipinski definition) is 0. The monoisotopic (exact) mass is 227 g/mol. The summed E-state index contributed by atoms with van der Waals surface area (Å²) in [6, 6.07) is 6.76. The number of alkyl halides is 1. The van der Waals surface area contributed by atoms with Gasteiger partial charge in [0.2, 0.25) is 0 Å². The van der Waals surface area contributed by atoms with E-state index in [1.807, 2.05) is 13.8 Å². The Bertz CT molecular complexity index is 354. The summed E-state index contributed by atoms with van der Waals surface area (Å²) in [4.78, 5) is 10.4. The second kappa shape index (κ2) is 5.12. The predicted molar refractivity (Wildman–Crippen MR) is 61.4 cm³/mol. The van der Waals surface area contributed by atoms with Crippen LogP contribution in [0.3, 0.4) is 0 Å². The van der Waals surface area contributed by atoms with Crippen LogP contribution in [-0.2, 0) is 0 Å². The normalized spacial score (nSPS) is 14.6. The van der Waals surface area contributed by atoms with E-state index in [9.17, 15) is 10.1 Å².